The fourth-order valence-corrected chi connectivity index (χ4v) is 1.45. The number of carbonyl (C=O) groups excluding carboxylic acids is 1. The molecule has 1 aromatic carbocycles. The van der Waals surface area contributed by atoms with Gasteiger partial charge in [0.25, 0.3) is 0 Å². The zero-order valence-corrected chi connectivity index (χ0v) is 13.5. The average molecular weight is 350 g/mol. The first-order valence-electron chi connectivity index (χ1n) is 5.26. The minimum Gasteiger partial charge on any atom is -0.408 e. The van der Waals surface area contributed by atoms with E-state index in [-0.39, 0.29) is 50.0 Å². The standard InChI is InChI=1S/C11H9N4O4.Y/c1-6-5-8(15(17)18)3-4-9(6)10(16)12-11-14-13-7(2)19-11;/h3-4H,1-2H3,(H,12,14,16);/q-1;. The zero-order chi connectivity index (χ0) is 14.0. The number of nitro groups is 1. The van der Waals surface area contributed by atoms with Crippen molar-refractivity contribution in [2.45, 2.75) is 13.8 Å². The Morgan fingerprint density at radius 3 is 2.60 bits per heavy atom. The molecular formula is C11H9N4O4Y-. The molecule has 0 atom stereocenters. The fraction of sp³-hybridized carbons (Fsp3) is 0.182. The summed E-state index contributed by atoms with van der Waals surface area (Å²) in [6.45, 7) is 3.15. The molecule has 0 bridgehead atoms. The van der Waals surface area contributed by atoms with Crippen molar-refractivity contribution >= 4 is 17.6 Å². The Kier molecular flexibility index (Phi) is 5.46. The number of aryl methyl sites for hydroxylation is 2. The van der Waals surface area contributed by atoms with E-state index in [1.165, 1.54) is 12.1 Å². The van der Waals surface area contributed by atoms with Crippen molar-refractivity contribution in [1.29, 1.82) is 0 Å². The molecule has 0 saturated carbocycles. The van der Waals surface area contributed by atoms with Crippen LogP contribution in [0.5, 0.6) is 0 Å². The quantitative estimate of drug-likeness (QED) is 0.512. The largest absolute Gasteiger partial charge is 0.408 e. The van der Waals surface area contributed by atoms with Crippen LogP contribution in [0.3, 0.4) is 0 Å². The van der Waals surface area contributed by atoms with E-state index in [1.807, 2.05) is 0 Å². The van der Waals surface area contributed by atoms with E-state index in [4.69, 9.17) is 4.42 Å². The molecule has 1 amide bonds. The van der Waals surface area contributed by atoms with Crippen molar-refractivity contribution in [2.24, 2.45) is 0 Å². The maximum atomic E-state index is 11.9. The van der Waals surface area contributed by atoms with Gasteiger partial charge in [0.15, 0.2) is 5.69 Å². The second-order valence-electron chi connectivity index (χ2n) is 3.72. The van der Waals surface area contributed by atoms with Crippen LogP contribution in [0.25, 0.3) is 0 Å². The van der Waals surface area contributed by atoms with Crippen molar-refractivity contribution < 1.29 is 46.8 Å². The van der Waals surface area contributed by atoms with Crippen LogP contribution < -0.4 is 5.32 Å². The number of aromatic nitrogens is 2. The van der Waals surface area contributed by atoms with Gasteiger partial charge in [0, 0.05) is 44.6 Å². The van der Waals surface area contributed by atoms with Gasteiger partial charge >= 0.3 is 6.01 Å². The Morgan fingerprint density at radius 2 is 2.10 bits per heavy atom. The summed E-state index contributed by atoms with van der Waals surface area (Å²) in [5.74, 6) is -0.172. The predicted octanol–water partition coefficient (Wildman–Crippen LogP) is 1.64. The molecule has 0 unspecified atom stereocenters. The van der Waals surface area contributed by atoms with Gasteiger partial charge in [0.1, 0.15) is 0 Å². The van der Waals surface area contributed by atoms with Crippen LogP contribution in [0.1, 0.15) is 21.8 Å². The monoisotopic (exact) mass is 350 g/mol. The van der Waals surface area contributed by atoms with E-state index in [9.17, 15) is 14.9 Å². The molecule has 0 spiro atoms. The van der Waals surface area contributed by atoms with Crippen LogP contribution in [0.15, 0.2) is 16.5 Å². The zero-order valence-electron chi connectivity index (χ0n) is 10.7. The third kappa shape index (κ3) is 3.67. The van der Waals surface area contributed by atoms with Crippen molar-refractivity contribution in [3.8, 4) is 0 Å². The van der Waals surface area contributed by atoms with E-state index in [1.54, 1.807) is 13.8 Å². The summed E-state index contributed by atoms with van der Waals surface area (Å²) in [7, 11) is 0. The molecule has 1 aromatic heterocycles. The maximum Gasteiger partial charge on any atom is 0.321 e. The van der Waals surface area contributed by atoms with E-state index in [0.29, 0.717) is 11.5 Å². The number of nitrogens with one attached hydrogen (secondary N) is 1. The first kappa shape index (κ1) is 16.4. The molecule has 20 heavy (non-hydrogen) atoms. The second kappa shape index (κ2) is 6.67. The molecule has 0 aliphatic carbocycles. The number of carbonyl (C=O) groups is 1. The van der Waals surface area contributed by atoms with Crippen molar-refractivity contribution in [3.05, 3.63) is 45.3 Å². The molecule has 8 nitrogen and oxygen atoms in total. The van der Waals surface area contributed by atoms with Gasteiger partial charge in [0.05, 0.1) is 0 Å². The smallest absolute Gasteiger partial charge is 0.321 e. The molecule has 2 rings (SSSR count). The predicted molar refractivity (Wildman–Crippen MR) is 63.7 cm³/mol. The molecule has 1 heterocycles. The number of nitrogens with zero attached hydrogens (tertiary/aromatic N) is 3. The van der Waals surface area contributed by atoms with Crippen molar-refractivity contribution in [2.75, 3.05) is 5.32 Å². The van der Waals surface area contributed by atoms with E-state index in [2.05, 4.69) is 21.6 Å². The summed E-state index contributed by atoms with van der Waals surface area (Å²) in [6, 6.07) is 5.05. The van der Waals surface area contributed by atoms with Crippen LogP contribution in [0.2, 0.25) is 0 Å². The van der Waals surface area contributed by atoms with Crippen molar-refractivity contribution in [3.63, 3.8) is 0 Å². The van der Waals surface area contributed by atoms with Crippen molar-refractivity contribution in [1.82, 2.24) is 10.2 Å². The molecule has 0 fully saturated rings. The first-order valence-corrected chi connectivity index (χ1v) is 5.26. The van der Waals surface area contributed by atoms with Crippen LogP contribution in [-0.2, 0) is 32.7 Å². The Morgan fingerprint density at radius 1 is 1.40 bits per heavy atom. The second-order valence-corrected chi connectivity index (χ2v) is 3.72. The Hall–Kier alpha value is -1.67. The first-order chi connectivity index (χ1) is 8.97. The minimum absolute atomic E-state index is 0. The normalized spacial score (nSPS) is 9.70. The number of benzene rings is 1. The number of hydrogen-bond acceptors (Lipinski definition) is 6. The van der Waals surface area contributed by atoms with E-state index >= 15 is 0 Å². The Labute approximate surface area is 139 Å². The number of hydrogen-bond donors (Lipinski definition) is 1. The molecule has 1 N–H and O–H groups in total. The van der Waals surface area contributed by atoms with Gasteiger partial charge in [-0.25, -0.2) is 0 Å². The topological polar surface area (TPSA) is 111 Å². The molecule has 0 aliphatic heterocycles. The molecule has 9 heteroatoms. The molecule has 0 aliphatic rings. The summed E-state index contributed by atoms with van der Waals surface area (Å²) in [4.78, 5) is 21.9. The average Bonchev–Trinajstić information content (AvgIpc) is 2.74. The SMILES string of the molecule is Cc1nnc(NC(=O)c2ccc([N+](=O)[O-])[c-]c2C)o1.[Y]. The summed E-state index contributed by atoms with van der Waals surface area (Å²) in [5.41, 5.74) is 0.423. The van der Waals surface area contributed by atoms with Crippen LogP contribution in [0, 0.1) is 30.0 Å². The van der Waals surface area contributed by atoms with Crippen LogP contribution >= 0.6 is 0 Å². The third-order valence-electron chi connectivity index (χ3n) is 2.32. The number of anilines is 1. The Bertz CT molecular complexity index is 656. The number of nitro benzene ring substituents is 1. The molecule has 101 valence electrons. The summed E-state index contributed by atoms with van der Waals surface area (Å²) in [5, 5.41) is 20.2. The minimum atomic E-state index is -0.573. The van der Waals surface area contributed by atoms with E-state index < -0.39 is 10.8 Å². The molecule has 0 saturated heterocycles. The summed E-state index contributed by atoms with van der Waals surface area (Å²) >= 11 is 0. The van der Waals surface area contributed by atoms with Gasteiger partial charge in [-0.2, -0.15) is 6.07 Å². The molecular weight excluding hydrogens is 341 g/mol. The summed E-state index contributed by atoms with van der Waals surface area (Å²) < 4.78 is 5.00. The van der Waals surface area contributed by atoms with Gasteiger partial charge in [0.2, 0.25) is 11.8 Å². The van der Waals surface area contributed by atoms with E-state index in [0.717, 1.165) is 0 Å². The number of rotatable bonds is 3. The number of non-ortho nitro benzene ring substituents is 1. The van der Waals surface area contributed by atoms with Gasteiger partial charge in [-0.1, -0.05) is 29.7 Å². The van der Waals surface area contributed by atoms with Crippen LogP contribution in [-0.4, -0.2) is 21.0 Å². The summed E-state index contributed by atoms with van der Waals surface area (Å²) in [6.07, 6.45) is 0. The van der Waals surface area contributed by atoms with Crippen LogP contribution in [0.4, 0.5) is 11.7 Å². The Balaban J connectivity index is 0.00000200. The number of amides is 1. The van der Waals surface area contributed by atoms with Gasteiger partial charge in [-0.15, -0.1) is 10.7 Å². The third-order valence-corrected chi connectivity index (χ3v) is 2.32. The van der Waals surface area contributed by atoms with Gasteiger partial charge < -0.3 is 4.42 Å². The molecule has 1 radical (unpaired) electrons. The fourth-order valence-electron chi connectivity index (χ4n) is 1.45. The maximum absolute atomic E-state index is 11.9. The molecule has 2 aromatic rings. The van der Waals surface area contributed by atoms with Gasteiger partial charge in [-0.3, -0.25) is 20.2 Å². The van der Waals surface area contributed by atoms with Gasteiger partial charge in [-0.05, 0) is 0 Å².